The molecule has 7 heteroatoms. The maximum atomic E-state index is 4.48. The van der Waals surface area contributed by atoms with Gasteiger partial charge in [0.05, 0.1) is 17.8 Å². The summed E-state index contributed by atoms with van der Waals surface area (Å²) in [6.45, 7) is 2.04. The first kappa shape index (κ1) is 15.2. The third-order valence-electron chi connectivity index (χ3n) is 4.97. The summed E-state index contributed by atoms with van der Waals surface area (Å²) in [5.74, 6) is 0. The van der Waals surface area contributed by atoms with Crippen LogP contribution in [-0.4, -0.2) is 43.3 Å². The highest BCUT2D eigenvalue weighted by Gasteiger charge is 2.17. The molecule has 0 bridgehead atoms. The van der Waals surface area contributed by atoms with Gasteiger partial charge in [-0.1, -0.05) is 11.3 Å². The molecule has 1 atom stereocenters. The SMILES string of the molecule is c1cc(-c2n[nH]c3ccc(-c4cn(C5CCCNC5)nn4)cc23)ccn1. The fourth-order valence-corrected chi connectivity index (χ4v) is 3.55. The van der Waals surface area contributed by atoms with Gasteiger partial charge in [-0.3, -0.25) is 10.1 Å². The summed E-state index contributed by atoms with van der Waals surface area (Å²) >= 11 is 0. The van der Waals surface area contributed by atoms with E-state index in [1.807, 2.05) is 29.1 Å². The molecule has 7 nitrogen and oxygen atoms in total. The zero-order chi connectivity index (χ0) is 17.3. The fourth-order valence-electron chi connectivity index (χ4n) is 3.55. The Balaban J connectivity index is 1.53. The highest BCUT2D eigenvalue weighted by Crippen LogP contribution is 2.30. The van der Waals surface area contributed by atoms with Gasteiger partial charge in [-0.25, -0.2) is 4.68 Å². The summed E-state index contributed by atoms with van der Waals surface area (Å²) in [6, 6.07) is 10.6. The zero-order valence-electron chi connectivity index (χ0n) is 14.3. The second-order valence-corrected chi connectivity index (χ2v) is 6.65. The van der Waals surface area contributed by atoms with Crippen LogP contribution in [0.2, 0.25) is 0 Å². The number of nitrogens with one attached hydrogen (secondary N) is 2. The molecule has 3 aromatic heterocycles. The standard InChI is InChI=1S/C19H19N7/c1-2-15(11-21-7-1)26-12-18(23-25-26)14-3-4-17-16(10-14)19(24-22-17)13-5-8-20-9-6-13/h3-6,8-10,12,15,21H,1-2,7,11H2,(H,22,24). The van der Waals surface area contributed by atoms with E-state index in [4.69, 9.17) is 0 Å². The van der Waals surface area contributed by atoms with Gasteiger partial charge >= 0.3 is 0 Å². The highest BCUT2D eigenvalue weighted by molar-refractivity contribution is 5.95. The number of hydrogen-bond acceptors (Lipinski definition) is 5. The van der Waals surface area contributed by atoms with E-state index in [1.54, 1.807) is 12.4 Å². The van der Waals surface area contributed by atoms with E-state index < -0.39 is 0 Å². The van der Waals surface area contributed by atoms with E-state index in [-0.39, 0.29) is 0 Å². The van der Waals surface area contributed by atoms with Crippen molar-refractivity contribution >= 4 is 10.9 Å². The molecule has 1 aromatic carbocycles. The fraction of sp³-hybridized carbons (Fsp3) is 0.263. The maximum Gasteiger partial charge on any atom is 0.113 e. The van der Waals surface area contributed by atoms with E-state index >= 15 is 0 Å². The van der Waals surface area contributed by atoms with Crippen molar-refractivity contribution in [1.29, 1.82) is 0 Å². The number of aromatic nitrogens is 6. The summed E-state index contributed by atoms with van der Waals surface area (Å²) < 4.78 is 1.99. The van der Waals surface area contributed by atoms with E-state index in [1.165, 1.54) is 6.42 Å². The van der Waals surface area contributed by atoms with Crippen LogP contribution in [-0.2, 0) is 0 Å². The summed E-state index contributed by atoms with van der Waals surface area (Å²) in [6.07, 6.45) is 7.93. The topological polar surface area (TPSA) is 84.3 Å². The van der Waals surface area contributed by atoms with Crippen LogP contribution in [0.15, 0.2) is 48.9 Å². The van der Waals surface area contributed by atoms with E-state index in [9.17, 15) is 0 Å². The number of fused-ring (bicyclic) bond motifs is 1. The van der Waals surface area contributed by atoms with E-state index in [0.29, 0.717) is 6.04 Å². The molecule has 130 valence electrons. The van der Waals surface area contributed by atoms with Gasteiger partial charge in [-0.15, -0.1) is 5.10 Å². The van der Waals surface area contributed by atoms with Gasteiger partial charge in [0.1, 0.15) is 11.4 Å². The minimum atomic E-state index is 0.384. The molecule has 2 N–H and O–H groups in total. The third-order valence-corrected chi connectivity index (χ3v) is 4.97. The number of hydrogen-bond donors (Lipinski definition) is 2. The van der Waals surface area contributed by atoms with Crippen molar-refractivity contribution in [2.24, 2.45) is 0 Å². The van der Waals surface area contributed by atoms with Crippen molar-refractivity contribution in [3.05, 3.63) is 48.9 Å². The quantitative estimate of drug-likeness (QED) is 0.596. The van der Waals surface area contributed by atoms with Crippen molar-refractivity contribution in [1.82, 2.24) is 35.5 Å². The average Bonchev–Trinajstić information content (AvgIpc) is 3.36. The van der Waals surface area contributed by atoms with Crippen LogP contribution >= 0.6 is 0 Å². The van der Waals surface area contributed by atoms with Gasteiger partial charge in [0.2, 0.25) is 0 Å². The predicted molar refractivity (Wildman–Crippen MR) is 99.5 cm³/mol. The van der Waals surface area contributed by atoms with Crippen molar-refractivity contribution in [3.63, 3.8) is 0 Å². The molecule has 5 rings (SSSR count). The molecular formula is C19H19N7. The molecule has 0 saturated carbocycles. The van der Waals surface area contributed by atoms with Crippen LogP contribution in [0.3, 0.4) is 0 Å². The highest BCUT2D eigenvalue weighted by atomic mass is 15.4. The Morgan fingerprint density at radius 1 is 1.08 bits per heavy atom. The van der Waals surface area contributed by atoms with E-state index in [2.05, 4.69) is 42.9 Å². The van der Waals surface area contributed by atoms with Crippen LogP contribution in [0.25, 0.3) is 33.4 Å². The number of benzene rings is 1. The Morgan fingerprint density at radius 3 is 2.85 bits per heavy atom. The molecule has 0 radical (unpaired) electrons. The van der Waals surface area contributed by atoms with Crippen LogP contribution in [0.1, 0.15) is 18.9 Å². The Hall–Kier alpha value is -3.06. The first-order valence-corrected chi connectivity index (χ1v) is 8.90. The lowest BCUT2D eigenvalue weighted by atomic mass is 10.1. The zero-order valence-corrected chi connectivity index (χ0v) is 14.3. The first-order chi connectivity index (χ1) is 12.9. The molecule has 4 aromatic rings. The van der Waals surface area contributed by atoms with Gasteiger partial charge < -0.3 is 5.32 Å². The smallest absolute Gasteiger partial charge is 0.113 e. The summed E-state index contributed by atoms with van der Waals surface area (Å²) in [5.41, 5.74) is 4.90. The second-order valence-electron chi connectivity index (χ2n) is 6.65. The number of H-pyrrole nitrogens is 1. The normalized spacial score (nSPS) is 17.6. The maximum absolute atomic E-state index is 4.48. The summed E-state index contributed by atoms with van der Waals surface area (Å²) in [4.78, 5) is 4.08. The molecule has 0 aliphatic carbocycles. The monoisotopic (exact) mass is 345 g/mol. The lowest BCUT2D eigenvalue weighted by Crippen LogP contribution is -2.31. The number of pyridine rings is 1. The Labute approximate surface area is 150 Å². The van der Waals surface area contributed by atoms with Crippen molar-refractivity contribution < 1.29 is 0 Å². The van der Waals surface area contributed by atoms with Gasteiger partial charge in [0.15, 0.2) is 0 Å². The molecule has 1 aliphatic heterocycles. The van der Waals surface area contributed by atoms with Crippen molar-refractivity contribution in [2.45, 2.75) is 18.9 Å². The molecule has 26 heavy (non-hydrogen) atoms. The van der Waals surface area contributed by atoms with Gasteiger partial charge in [-0.2, -0.15) is 5.10 Å². The number of piperidine rings is 1. The molecule has 1 saturated heterocycles. The lowest BCUT2D eigenvalue weighted by Gasteiger charge is -2.22. The first-order valence-electron chi connectivity index (χ1n) is 8.90. The van der Waals surface area contributed by atoms with Gasteiger partial charge in [-0.05, 0) is 43.7 Å². The molecule has 0 spiro atoms. The third kappa shape index (κ3) is 2.66. The number of aromatic amines is 1. The number of nitrogens with zero attached hydrogens (tertiary/aromatic N) is 5. The largest absolute Gasteiger partial charge is 0.315 e. The molecule has 1 fully saturated rings. The molecule has 4 heterocycles. The van der Waals surface area contributed by atoms with Gasteiger partial charge in [0, 0.05) is 35.5 Å². The minimum Gasteiger partial charge on any atom is -0.315 e. The van der Waals surface area contributed by atoms with Crippen LogP contribution in [0, 0.1) is 0 Å². The van der Waals surface area contributed by atoms with E-state index in [0.717, 1.165) is 52.9 Å². The minimum absolute atomic E-state index is 0.384. The van der Waals surface area contributed by atoms with Crippen LogP contribution in [0.4, 0.5) is 0 Å². The molecular weight excluding hydrogens is 326 g/mol. The number of rotatable bonds is 3. The molecule has 0 amide bonds. The Kier molecular flexibility index (Phi) is 3.71. The van der Waals surface area contributed by atoms with Gasteiger partial charge in [0.25, 0.3) is 0 Å². The molecule has 1 unspecified atom stereocenters. The molecule has 1 aliphatic rings. The second kappa shape index (κ2) is 6.34. The lowest BCUT2D eigenvalue weighted by molar-refractivity contribution is 0.341. The predicted octanol–water partition coefficient (Wildman–Crippen LogP) is 2.81. The van der Waals surface area contributed by atoms with Crippen molar-refractivity contribution in [3.8, 4) is 22.5 Å². The van der Waals surface area contributed by atoms with Crippen LogP contribution in [0.5, 0.6) is 0 Å². The summed E-state index contributed by atoms with van der Waals surface area (Å²) in [5, 5.41) is 20.8. The van der Waals surface area contributed by atoms with Crippen LogP contribution < -0.4 is 5.32 Å². The summed E-state index contributed by atoms with van der Waals surface area (Å²) in [7, 11) is 0. The van der Waals surface area contributed by atoms with Crippen molar-refractivity contribution in [2.75, 3.05) is 13.1 Å². The average molecular weight is 345 g/mol. The Morgan fingerprint density at radius 2 is 2.00 bits per heavy atom. The Bertz CT molecular complexity index is 1030.